The van der Waals surface area contributed by atoms with E-state index >= 15 is 0 Å². The van der Waals surface area contributed by atoms with Crippen molar-refractivity contribution < 1.29 is 14.7 Å². The van der Waals surface area contributed by atoms with Crippen molar-refractivity contribution in [1.82, 2.24) is 10.2 Å². The van der Waals surface area contributed by atoms with Crippen LogP contribution in [0.5, 0.6) is 0 Å². The van der Waals surface area contributed by atoms with Crippen molar-refractivity contribution in [2.45, 2.75) is 38.6 Å². The zero-order valence-electron chi connectivity index (χ0n) is 10.3. The van der Waals surface area contributed by atoms with Gasteiger partial charge < -0.3 is 15.3 Å². The smallest absolute Gasteiger partial charge is 0.303 e. The summed E-state index contributed by atoms with van der Waals surface area (Å²) in [4.78, 5) is 23.2. The van der Waals surface area contributed by atoms with Crippen molar-refractivity contribution in [1.29, 1.82) is 0 Å². The Morgan fingerprint density at radius 2 is 1.88 bits per heavy atom. The highest BCUT2D eigenvalue weighted by Crippen LogP contribution is 1.99. The summed E-state index contributed by atoms with van der Waals surface area (Å²) in [5.41, 5.74) is 0. The number of likely N-dealkylation sites (N-methyl/N-ethyl adjacent to an activating group) is 1. The summed E-state index contributed by atoms with van der Waals surface area (Å²) in [6, 6.07) is -0.172. The number of carboxylic acid groups (broad SMARTS) is 1. The second kappa shape index (κ2) is 8.10. The van der Waals surface area contributed by atoms with E-state index in [2.05, 4.69) is 5.32 Å². The third-order valence-electron chi connectivity index (χ3n) is 2.33. The topological polar surface area (TPSA) is 69.6 Å². The SMILES string of the molecule is CC(NCCCCCC(=O)O)C(=O)N(C)C. The van der Waals surface area contributed by atoms with E-state index in [4.69, 9.17) is 5.11 Å². The van der Waals surface area contributed by atoms with E-state index in [9.17, 15) is 9.59 Å². The minimum absolute atomic E-state index is 0.0607. The van der Waals surface area contributed by atoms with Gasteiger partial charge in [0.25, 0.3) is 0 Å². The van der Waals surface area contributed by atoms with Crippen molar-refractivity contribution in [2.75, 3.05) is 20.6 Å². The van der Waals surface area contributed by atoms with E-state index in [0.29, 0.717) is 6.42 Å². The van der Waals surface area contributed by atoms with Crippen LogP contribution < -0.4 is 5.32 Å². The first-order valence-corrected chi connectivity index (χ1v) is 5.61. The molecular weight excluding hydrogens is 208 g/mol. The second-order valence-corrected chi connectivity index (χ2v) is 4.11. The van der Waals surface area contributed by atoms with Crippen LogP contribution in [0.4, 0.5) is 0 Å². The van der Waals surface area contributed by atoms with E-state index < -0.39 is 5.97 Å². The largest absolute Gasteiger partial charge is 0.481 e. The van der Waals surface area contributed by atoms with Gasteiger partial charge in [0.15, 0.2) is 0 Å². The Labute approximate surface area is 96.8 Å². The van der Waals surface area contributed by atoms with Gasteiger partial charge in [0, 0.05) is 20.5 Å². The Hall–Kier alpha value is -1.10. The van der Waals surface area contributed by atoms with Crippen molar-refractivity contribution in [3.8, 4) is 0 Å². The van der Waals surface area contributed by atoms with E-state index in [1.54, 1.807) is 19.0 Å². The first-order valence-electron chi connectivity index (χ1n) is 5.61. The number of nitrogens with zero attached hydrogens (tertiary/aromatic N) is 1. The van der Waals surface area contributed by atoms with E-state index in [1.165, 1.54) is 0 Å². The van der Waals surface area contributed by atoms with Crippen molar-refractivity contribution in [2.24, 2.45) is 0 Å². The summed E-state index contributed by atoms with van der Waals surface area (Å²) in [6.07, 6.45) is 2.71. The van der Waals surface area contributed by atoms with Crippen LogP contribution in [0, 0.1) is 0 Å². The van der Waals surface area contributed by atoms with Gasteiger partial charge in [-0.05, 0) is 26.3 Å². The number of rotatable bonds is 8. The first kappa shape index (κ1) is 14.9. The molecule has 0 bridgehead atoms. The Kier molecular flexibility index (Phi) is 7.54. The fourth-order valence-corrected chi connectivity index (χ4v) is 1.37. The van der Waals surface area contributed by atoms with E-state index in [-0.39, 0.29) is 18.4 Å². The van der Waals surface area contributed by atoms with Gasteiger partial charge in [0.1, 0.15) is 0 Å². The number of hydrogen-bond donors (Lipinski definition) is 2. The van der Waals surface area contributed by atoms with Crippen molar-refractivity contribution in [3.05, 3.63) is 0 Å². The van der Waals surface area contributed by atoms with Crippen molar-refractivity contribution in [3.63, 3.8) is 0 Å². The lowest BCUT2D eigenvalue weighted by Crippen LogP contribution is -2.41. The number of aliphatic carboxylic acids is 1. The molecule has 0 aromatic carbocycles. The highest BCUT2D eigenvalue weighted by atomic mass is 16.4. The molecule has 0 radical (unpaired) electrons. The summed E-state index contributed by atoms with van der Waals surface area (Å²) in [7, 11) is 3.46. The quantitative estimate of drug-likeness (QED) is 0.602. The van der Waals surface area contributed by atoms with Crippen LogP contribution >= 0.6 is 0 Å². The monoisotopic (exact) mass is 230 g/mol. The zero-order chi connectivity index (χ0) is 12.6. The standard InChI is InChI=1S/C11H22N2O3/c1-9(11(16)13(2)3)12-8-6-4-5-7-10(14)15/h9,12H,4-8H2,1-3H3,(H,14,15). The molecule has 0 aliphatic heterocycles. The second-order valence-electron chi connectivity index (χ2n) is 4.11. The highest BCUT2D eigenvalue weighted by Gasteiger charge is 2.12. The first-order chi connectivity index (χ1) is 7.45. The van der Waals surface area contributed by atoms with Gasteiger partial charge in [0.05, 0.1) is 6.04 Å². The Balaban J connectivity index is 3.44. The van der Waals surface area contributed by atoms with Crippen LogP contribution in [0.15, 0.2) is 0 Å². The molecular formula is C11H22N2O3. The predicted molar refractivity (Wildman–Crippen MR) is 62.3 cm³/mol. The van der Waals surface area contributed by atoms with Crippen LogP contribution in [0.3, 0.4) is 0 Å². The molecule has 1 atom stereocenters. The number of carbonyl (C=O) groups is 2. The third kappa shape index (κ3) is 7.23. The average molecular weight is 230 g/mol. The van der Waals surface area contributed by atoms with Gasteiger partial charge >= 0.3 is 5.97 Å². The Bertz CT molecular complexity index is 229. The van der Waals surface area contributed by atoms with Gasteiger partial charge in [-0.25, -0.2) is 0 Å². The highest BCUT2D eigenvalue weighted by molar-refractivity contribution is 5.80. The maximum Gasteiger partial charge on any atom is 0.303 e. The molecule has 0 aliphatic carbocycles. The molecule has 94 valence electrons. The summed E-state index contributed by atoms with van der Waals surface area (Å²) in [6.45, 7) is 2.58. The van der Waals surface area contributed by atoms with Gasteiger partial charge in [-0.2, -0.15) is 0 Å². The number of amides is 1. The lowest BCUT2D eigenvalue weighted by atomic mass is 10.2. The molecule has 2 N–H and O–H groups in total. The molecule has 5 heteroatoms. The molecule has 0 saturated carbocycles. The molecule has 0 aromatic rings. The fourth-order valence-electron chi connectivity index (χ4n) is 1.37. The van der Waals surface area contributed by atoms with Crippen LogP contribution in [-0.4, -0.2) is 48.6 Å². The predicted octanol–water partition coefficient (Wildman–Crippen LogP) is 0.698. The molecule has 1 amide bonds. The molecule has 16 heavy (non-hydrogen) atoms. The maximum atomic E-state index is 11.4. The number of nitrogens with one attached hydrogen (secondary N) is 1. The molecule has 0 saturated heterocycles. The molecule has 5 nitrogen and oxygen atoms in total. The summed E-state index contributed by atoms with van der Waals surface area (Å²) < 4.78 is 0. The number of hydrogen-bond acceptors (Lipinski definition) is 3. The zero-order valence-corrected chi connectivity index (χ0v) is 10.3. The molecule has 0 spiro atoms. The van der Waals surface area contributed by atoms with Gasteiger partial charge in [-0.1, -0.05) is 6.42 Å². The minimum Gasteiger partial charge on any atom is -0.481 e. The van der Waals surface area contributed by atoms with Gasteiger partial charge in [0.2, 0.25) is 5.91 Å². The van der Waals surface area contributed by atoms with Gasteiger partial charge in [-0.3, -0.25) is 9.59 Å². The third-order valence-corrected chi connectivity index (χ3v) is 2.33. The van der Waals surface area contributed by atoms with Crippen molar-refractivity contribution >= 4 is 11.9 Å². The maximum absolute atomic E-state index is 11.4. The Morgan fingerprint density at radius 1 is 1.25 bits per heavy atom. The van der Waals surface area contributed by atoms with E-state index in [0.717, 1.165) is 19.4 Å². The Morgan fingerprint density at radius 3 is 2.38 bits per heavy atom. The normalized spacial score (nSPS) is 12.2. The molecule has 0 aromatic heterocycles. The molecule has 0 aliphatic rings. The summed E-state index contributed by atoms with van der Waals surface area (Å²) in [5.74, 6) is -0.686. The molecule has 0 heterocycles. The molecule has 0 rings (SSSR count). The number of carbonyl (C=O) groups excluding carboxylic acids is 1. The summed E-state index contributed by atoms with van der Waals surface area (Å²) in [5, 5.41) is 11.5. The van der Waals surface area contributed by atoms with Crippen LogP contribution in [0.2, 0.25) is 0 Å². The lowest BCUT2D eigenvalue weighted by molar-refractivity contribution is -0.137. The van der Waals surface area contributed by atoms with Crippen LogP contribution in [0.1, 0.15) is 32.6 Å². The minimum atomic E-state index is -0.746. The van der Waals surface area contributed by atoms with Crippen LogP contribution in [-0.2, 0) is 9.59 Å². The van der Waals surface area contributed by atoms with Crippen LogP contribution in [0.25, 0.3) is 0 Å². The average Bonchev–Trinajstić information content (AvgIpc) is 2.21. The van der Waals surface area contributed by atoms with E-state index in [1.807, 2.05) is 6.92 Å². The fraction of sp³-hybridized carbons (Fsp3) is 0.818. The number of unbranched alkanes of at least 4 members (excludes halogenated alkanes) is 2. The summed E-state index contributed by atoms with van der Waals surface area (Å²) >= 11 is 0. The molecule has 0 fully saturated rings. The number of carboxylic acids is 1. The lowest BCUT2D eigenvalue weighted by Gasteiger charge is -2.17. The molecule has 1 unspecified atom stereocenters. The van der Waals surface area contributed by atoms with Gasteiger partial charge in [-0.15, -0.1) is 0 Å².